The number of rotatable bonds is 3. The van der Waals surface area contributed by atoms with E-state index in [9.17, 15) is 14.7 Å². The molecule has 2 aliphatic rings. The van der Waals surface area contributed by atoms with Crippen molar-refractivity contribution >= 4 is 11.9 Å². The fraction of sp³-hybridized carbons (Fsp3) is 0.692. The summed E-state index contributed by atoms with van der Waals surface area (Å²) in [7, 11) is 0. The molecule has 17 heavy (non-hydrogen) atoms. The highest BCUT2D eigenvalue weighted by molar-refractivity contribution is 5.87. The molecule has 4 heteroatoms. The van der Waals surface area contributed by atoms with Gasteiger partial charge in [-0.2, -0.15) is 0 Å². The van der Waals surface area contributed by atoms with Crippen LogP contribution in [0.4, 0.5) is 0 Å². The molecule has 0 aromatic heterocycles. The average molecular weight is 238 g/mol. The molecule has 2 fully saturated rings. The first-order valence-corrected chi connectivity index (χ1v) is 5.91. The van der Waals surface area contributed by atoms with Crippen molar-refractivity contribution in [3.05, 3.63) is 12.2 Å². The van der Waals surface area contributed by atoms with E-state index in [2.05, 4.69) is 6.58 Å². The fourth-order valence-corrected chi connectivity index (χ4v) is 3.27. The van der Waals surface area contributed by atoms with Crippen molar-refractivity contribution in [2.75, 3.05) is 0 Å². The lowest BCUT2D eigenvalue weighted by atomic mass is 9.74. The normalized spacial score (nSPS) is 39.1. The van der Waals surface area contributed by atoms with E-state index in [0.717, 1.165) is 12.8 Å². The minimum Gasteiger partial charge on any atom is -0.481 e. The highest BCUT2D eigenvalue weighted by Crippen LogP contribution is 2.59. The second-order valence-electron chi connectivity index (χ2n) is 5.69. The van der Waals surface area contributed by atoms with Gasteiger partial charge in [0.15, 0.2) is 0 Å². The molecule has 1 N–H and O–H groups in total. The quantitative estimate of drug-likeness (QED) is 0.604. The molecule has 0 spiro atoms. The van der Waals surface area contributed by atoms with Crippen LogP contribution in [-0.2, 0) is 14.3 Å². The molecule has 0 heterocycles. The highest BCUT2D eigenvalue weighted by Gasteiger charge is 2.62. The molecule has 2 rings (SSSR count). The molecule has 2 saturated carbocycles. The maximum atomic E-state index is 11.6. The number of ether oxygens (including phenoxy) is 1. The number of carbonyl (C=O) groups is 2. The van der Waals surface area contributed by atoms with Gasteiger partial charge in [-0.3, -0.25) is 4.79 Å². The zero-order chi connectivity index (χ0) is 12.8. The molecule has 2 bridgehead atoms. The van der Waals surface area contributed by atoms with E-state index < -0.39 is 23.0 Å². The average Bonchev–Trinajstić information content (AvgIpc) is 2.72. The Balaban J connectivity index is 2.17. The molecule has 0 aliphatic heterocycles. The smallest absolute Gasteiger partial charge is 0.333 e. The van der Waals surface area contributed by atoms with Crippen molar-refractivity contribution < 1.29 is 19.4 Å². The van der Waals surface area contributed by atoms with Crippen molar-refractivity contribution in [1.82, 2.24) is 0 Å². The number of esters is 1. The summed E-state index contributed by atoms with van der Waals surface area (Å²) in [6.07, 6.45) is 2.71. The molecule has 0 amide bonds. The van der Waals surface area contributed by atoms with E-state index in [1.165, 1.54) is 0 Å². The maximum Gasteiger partial charge on any atom is 0.333 e. The first-order valence-electron chi connectivity index (χ1n) is 5.91. The van der Waals surface area contributed by atoms with Crippen molar-refractivity contribution in [3.63, 3.8) is 0 Å². The topological polar surface area (TPSA) is 63.6 Å². The number of carboxylic acids is 1. The van der Waals surface area contributed by atoms with Gasteiger partial charge in [0.25, 0.3) is 0 Å². The highest BCUT2D eigenvalue weighted by atomic mass is 16.6. The molecule has 3 unspecified atom stereocenters. The number of hydrogen-bond acceptors (Lipinski definition) is 3. The largest absolute Gasteiger partial charge is 0.481 e. The lowest BCUT2D eigenvalue weighted by molar-refractivity contribution is -0.161. The van der Waals surface area contributed by atoms with Crippen molar-refractivity contribution in [3.8, 4) is 0 Å². The second-order valence-corrected chi connectivity index (χ2v) is 5.69. The lowest BCUT2D eigenvalue weighted by Gasteiger charge is -2.34. The molecule has 0 radical (unpaired) electrons. The fourth-order valence-electron chi connectivity index (χ4n) is 3.27. The minimum absolute atomic E-state index is 0.123. The summed E-state index contributed by atoms with van der Waals surface area (Å²) in [6.45, 7) is 6.92. The van der Waals surface area contributed by atoms with E-state index in [4.69, 9.17) is 4.74 Å². The predicted octanol–water partition coefficient (Wildman–Crippen LogP) is 2.14. The second kappa shape index (κ2) is 3.59. The van der Waals surface area contributed by atoms with Crippen LogP contribution in [0.15, 0.2) is 12.2 Å². The maximum absolute atomic E-state index is 11.6. The third kappa shape index (κ3) is 1.75. The number of fused-ring (bicyclic) bond motifs is 2. The Hall–Kier alpha value is -1.32. The standard InChI is InChI=1S/C13H18O4/c1-8(2)10(14)17-13-5-4-9(6-13)12(3,7-13)11(15)16/h9H,1,4-7H2,2-3H3,(H,15,16). The van der Waals surface area contributed by atoms with E-state index >= 15 is 0 Å². The van der Waals surface area contributed by atoms with Gasteiger partial charge in [-0.15, -0.1) is 0 Å². The minimum atomic E-state index is -0.782. The summed E-state index contributed by atoms with van der Waals surface area (Å²) in [4.78, 5) is 22.9. The number of hydrogen-bond donors (Lipinski definition) is 1. The van der Waals surface area contributed by atoms with E-state index in [-0.39, 0.29) is 5.92 Å². The van der Waals surface area contributed by atoms with Crippen molar-refractivity contribution in [2.24, 2.45) is 11.3 Å². The summed E-state index contributed by atoms with van der Waals surface area (Å²) < 4.78 is 5.50. The number of aliphatic carboxylic acids is 1. The third-order valence-electron chi connectivity index (χ3n) is 4.30. The van der Waals surface area contributed by atoms with Crippen LogP contribution in [0.25, 0.3) is 0 Å². The molecule has 0 aromatic rings. The Morgan fingerprint density at radius 1 is 1.47 bits per heavy atom. The zero-order valence-electron chi connectivity index (χ0n) is 10.3. The third-order valence-corrected chi connectivity index (χ3v) is 4.30. The van der Waals surface area contributed by atoms with Gasteiger partial charge in [-0.25, -0.2) is 4.79 Å². The van der Waals surface area contributed by atoms with Gasteiger partial charge in [0.1, 0.15) is 5.60 Å². The van der Waals surface area contributed by atoms with Gasteiger partial charge in [-0.05, 0) is 39.0 Å². The van der Waals surface area contributed by atoms with Crippen LogP contribution in [0.3, 0.4) is 0 Å². The van der Waals surface area contributed by atoms with Gasteiger partial charge < -0.3 is 9.84 Å². The summed E-state index contributed by atoms with van der Waals surface area (Å²) in [5.74, 6) is -1.06. The molecular formula is C13H18O4. The molecule has 4 nitrogen and oxygen atoms in total. The zero-order valence-corrected chi connectivity index (χ0v) is 10.3. The SMILES string of the molecule is C=C(C)C(=O)OC12CCC(C1)C(C)(C(=O)O)C2. The monoisotopic (exact) mass is 238 g/mol. The number of carboxylic acid groups (broad SMARTS) is 1. The van der Waals surface area contributed by atoms with Crippen LogP contribution in [0.1, 0.15) is 39.5 Å². The molecule has 0 saturated heterocycles. The predicted molar refractivity (Wildman–Crippen MR) is 61.3 cm³/mol. The molecule has 0 aromatic carbocycles. The van der Waals surface area contributed by atoms with E-state index in [1.807, 2.05) is 0 Å². The lowest BCUT2D eigenvalue weighted by Crippen LogP contribution is -2.39. The first kappa shape index (κ1) is 12.1. The van der Waals surface area contributed by atoms with Crippen LogP contribution in [0, 0.1) is 11.3 Å². The Bertz CT molecular complexity index is 400. The molecule has 3 atom stereocenters. The Kier molecular flexibility index (Phi) is 2.56. The Morgan fingerprint density at radius 2 is 2.12 bits per heavy atom. The van der Waals surface area contributed by atoms with Crippen LogP contribution < -0.4 is 0 Å². The van der Waals surface area contributed by atoms with Crippen LogP contribution in [0.2, 0.25) is 0 Å². The summed E-state index contributed by atoms with van der Waals surface area (Å²) >= 11 is 0. The van der Waals surface area contributed by atoms with Gasteiger partial charge in [0, 0.05) is 12.0 Å². The van der Waals surface area contributed by atoms with Crippen LogP contribution >= 0.6 is 0 Å². The van der Waals surface area contributed by atoms with Crippen LogP contribution in [-0.4, -0.2) is 22.6 Å². The van der Waals surface area contributed by atoms with Crippen molar-refractivity contribution in [1.29, 1.82) is 0 Å². The first-order chi connectivity index (χ1) is 7.79. The van der Waals surface area contributed by atoms with Gasteiger partial charge >= 0.3 is 11.9 Å². The van der Waals surface area contributed by atoms with Crippen LogP contribution in [0.5, 0.6) is 0 Å². The van der Waals surface area contributed by atoms with E-state index in [0.29, 0.717) is 18.4 Å². The number of carbonyl (C=O) groups excluding carboxylic acids is 1. The van der Waals surface area contributed by atoms with Crippen molar-refractivity contribution in [2.45, 2.75) is 45.1 Å². The molecular weight excluding hydrogens is 220 g/mol. The summed E-state index contributed by atoms with van der Waals surface area (Å²) in [5, 5.41) is 9.29. The van der Waals surface area contributed by atoms with Gasteiger partial charge in [-0.1, -0.05) is 6.58 Å². The Morgan fingerprint density at radius 3 is 2.59 bits per heavy atom. The Labute approximate surface area is 101 Å². The molecule has 2 aliphatic carbocycles. The summed E-state index contributed by atoms with van der Waals surface area (Å²) in [6, 6.07) is 0. The van der Waals surface area contributed by atoms with E-state index in [1.54, 1.807) is 13.8 Å². The van der Waals surface area contributed by atoms with Gasteiger partial charge in [0.05, 0.1) is 5.41 Å². The summed E-state index contributed by atoms with van der Waals surface area (Å²) in [5.41, 5.74) is -0.937. The molecule has 94 valence electrons. The van der Waals surface area contributed by atoms with Gasteiger partial charge in [0.2, 0.25) is 0 Å².